The molecule has 2 aromatic carbocycles. The van der Waals surface area contributed by atoms with Crippen molar-refractivity contribution < 1.29 is 24.2 Å². The Morgan fingerprint density at radius 1 is 1.02 bits per heavy atom. The van der Waals surface area contributed by atoms with Crippen molar-refractivity contribution in [2.24, 2.45) is 5.92 Å². The highest BCUT2D eigenvalue weighted by Gasteiger charge is 2.55. The van der Waals surface area contributed by atoms with Crippen molar-refractivity contribution in [1.82, 2.24) is 20.4 Å². The molecule has 2 atom stereocenters. The normalized spacial score (nSPS) is 18.8. The van der Waals surface area contributed by atoms with E-state index in [-0.39, 0.29) is 36.0 Å². The van der Waals surface area contributed by atoms with Crippen LogP contribution in [0.1, 0.15) is 80.8 Å². The summed E-state index contributed by atoms with van der Waals surface area (Å²) < 4.78 is 5.86. The third-order valence-electron chi connectivity index (χ3n) is 9.48. The summed E-state index contributed by atoms with van der Waals surface area (Å²) in [7, 11) is 1.61. The number of piperidine rings is 1. The molecule has 2 aliphatic heterocycles. The van der Waals surface area contributed by atoms with Crippen LogP contribution in [0.3, 0.4) is 0 Å². The Labute approximate surface area is 274 Å². The molecule has 0 aromatic heterocycles. The number of carbonyl (C=O) groups is 3. The first-order chi connectivity index (χ1) is 21.3. The summed E-state index contributed by atoms with van der Waals surface area (Å²) in [5.41, 5.74) is 2.14. The number of ether oxygens (including phenoxy) is 1. The minimum atomic E-state index is -0.876. The zero-order valence-corrected chi connectivity index (χ0v) is 28.0. The SMILES string of the molecule is CCCCN1C(=O)[C@@H]([C@H](O)C(CC)CC)NC(=O)C12CCN(Cc1ccc(CCOc3ccc(C(=O)NC)cc3)cc1)CC2.Cl. The Kier molecular flexibility index (Phi) is 13.7. The van der Waals surface area contributed by atoms with E-state index in [1.807, 2.05) is 30.9 Å². The number of nitrogens with one attached hydrogen (secondary N) is 2. The number of likely N-dealkylation sites (tertiary alicyclic amines) is 1. The van der Waals surface area contributed by atoms with Crippen LogP contribution in [0, 0.1) is 5.92 Å². The van der Waals surface area contributed by atoms with Crippen LogP contribution in [-0.2, 0) is 22.6 Å². The molecule has 3 N–H and O–H groups in total. The summed E-state index contributed by atoms with van der Waals surface area (Å²) in [4.78, 5) is 43.3. The third-order valence-corrected chi connectivity index (χ3v) is 9.48. The van der Waals surface area contributed by atoms with E-state index in [9.17, 15) is 19.5 Å². The molecule has 4 rings (SSSR count). The van der Waals surface area contributed by atoms with Crippen molar-refractivity contribution in [1.29, 1.82) is 0 Å². The first-order valence-corrected chi connectivity index (χ1v) is 16.3. The van der Waals surface area contributed by atoms with Crippen LogP contribution in [-0.4, -0.2) is 83.6 Å². The average Bonchev–Trinajstić information content (AvgIpc) is 3.05. The van der Waals surface area contributed by atoms with Crippen molar-refractivity contribution in [3.8, 4) is 5.75 Å². The molecule has 2 aliphatic rings. The molecule has 0 radical (unpaired) electrons. The van der Waals surface area contributed by atoms with Gasteiger partial charge in [-0.2, -0.15) is 0 Å². The fraction of sp³-hybridized carbons (Fsp3) is 0.571. The first kappa shape index (κ1) is 36.3. The van der Waals surface area contributed by atoms with Crippen LogP contribution < -0.4 is 15.4 Å². The van der Waals surface area contributed by atoms with Crippen molar-refractivity contribution in [3.63, 3.8) is 0 Å². The summed E-state index contributed by atoms with van der Waals surface area (Å²) in [6, 6.07) is 14.8. The van der Waals surface area contributed by atoms with Gasteiger partial charge in [-0.15, -0.1) is 12.4 Å². The van der Waals surface area contributed by atoms with Crippen molar-refractivity contribution in [2.45, 2.75) is 89.9 Å². The summed E-state index contributed by atoms with van der Waals surface area (Å²) in [5, 5.41) is 16.6. The number of hydrogen-bond acceptors (Lipinski definition) is 6. The van der Waals surface area contributed by atoms with E-state index in [0.29, 0.717) is 31.6 Å². The fourth-order valence-corrected chi connectivity index (χ4v) is 6.54. The predicted molar refractivity (Wildman–Crippen MR) is 179 cm³/mol. The smallest absolute Gasteiger partial charge is 0.251 e. The number of amides is 3. The molecule has 0 aliphatic carbocycles. The summed E-state index contributed by atoms with van der Waals surface area (Å²) in [6.45, 7) is 9.42. The molecule has 0 unspecified atom stereocenters. The Balaban J connectivity index is 0.00000552. The Bertz CT molecular complexity index is 1240. The fourth-order valence-electron chi connectivity index (χ4n) is 6.54. The molecule has 10 heteroatoms. The molecule has 1 spiro atoms. The second-order valence-electron chi connectivity index (χ2n) is 12.2. The molecule has 248 valence electrons. The largest absolute Gasteiger partial charge is 0.493 e. The van der Waals surface area contributed by atoms with Gasteiger partial charge in [-0.25, -0.2) is 0 Å². The van der Waals surface area contributed by atoms with Gasteiger partial charge in [0, 0.05) is 45.2 Å². The van der Waals surface area contributed by atoms with Gasteiger partial charge in [-0.3, -0.25) is 19.3 Å². The molecule has 2 heterocycles. The van der Waals surface area contributed by atoms with E-state index in [4.69, 9.17) is 4.74 Å². The van der Waals surface area contributed by atoms with E-state index in [1.54, 1.807) is 19.2 Å². The number of nitrogens with zero attached hydrogens (tertiary/aromatic N) is 2. The molecule has 2 aromatic rings. The van der Waals surface area contributed by atoms with Crippen LogP contribution in [0.5, 0.6) is 5.75 Å². The molecule has 9 nitrogen and oxygen atoms in total. The van der Waals surface area contributed by atoms with Gasteiger partial charge in [0.15, 0.2) is 0 Å². The number of halogens is 1. The van der Waals surface area contributed by atoms with Crippen molar-refractivity contribution in [2.75, 3.05) is 33.3 Å². The number of aliphatic hydroxyl groups is 1. The lowest BCUT2D eigenvalue weighted by molar-refractivity contribution is -0.165. The van der Waals surface area contributed by atoms with E-state index >= 15 is 0 Å². The molecule has 2 fully saturated rings. The van der Waals surface area contributed by atoms with Crippen molar-refractivity contribution >= 4 is 30.1 Å². The molecule has 0 saturated carbocycles. The predicted octanol–water partition coefficient (Wildman–Crippen LogP) is 4.35. The van der Waals surface area contributed by atoms with Crippen molar-refractivity contribution in [3.05, 3.63) is 65.2 Å². The maximum atomic E-state index is 13.8. The van der Waals surface area contributed by atoms with Gasteiger partial charge in [0.05, 0.1) is 12.7 Å². The van der Waals surface area contributed by atoms with Crippen LogP contribution in [0.4, 0.5) is 0 Å². The Morgan fingerprint density at radius 3 is 2.22 bits per heavy atom. The van der Waals surface area contributed by atoms with Gasteiger partial charge in [-0.05, 0) is 60.6 Å². The molecule has 2 saturated heterocycles. The lowest BCUT2D eigenvalue weighted by atomic mass is 9.79. The van der Waals surface area contributed by atoms with Gasteiger partial charge in [0.2, 0.25) is 11.8 Å². The third kappa shape index (κ3) is 8.57. The van der Waals surface area contributed by atoms with Gasteiger partial charge in [0.1, 0.15) is 17.3 Å². The number of hydrogen-bond donors (Lipinski definition) is 3. The van der Waals surface area contributed by atoms with Crippen LogP contribution in [0.15, 0.2) is 48.5 Å². The second-order valence-corrected chi connectivity index (χ2v) is 12.2. The monoisotopic (exact) mass is 642 g/mol. The number of benzene rings is 2. The quantitative estimate of drug-likeness (QED) is 0.283. The van der Waals surface area contributed by atoms with Gasteiger partial charge in [0.25, 0.3) is 5.91 Å². The lowest BCUT2D eigenvalue weighted by Gasteiger charge is -2.52. The highest BCUT2D eigenvalue weighted by atomic mass is 35.5. The topological polar surface area (TPSA) is 111 Å². The number of piperazine rings is 1. The number of aliphatic hydroxyl groups excluding tert-OH is 1. The van der Waals surface area contributed by atoms with E-state index in [1.165, 1.54) is 11.1 Å². The Hall–Kier alpha value is -3.14. The first-order valence-electron chi connectivity index (χ1n) is 16.3. The molecule has 45 heavy (non-hydrogen) atoms. The van der Waals surface area contributed by atoms with Crippen LogP contribution >= 0.6 is 12.4 Å². The van der Waals surface area contributed by atoms with E-state index in [0.717, 1.165) is 57.5 Å². The zero-order valence-electron chi connectivity index (χ0n) is 27.2. The Morgan fingerprint density at radius 2 is 1.64 bits per heavy atom. The standard InChI is InChI=1S/C35H50N4O5.ClH/c1-5-8-20-39-33(42)30(31(40)27(6-2)7-3)37-34(43)35(39)18-21-38(22-19-35)24-26-11-9-25(10-12-26)17-23-44-29-15-13-28(14-16-29)32(41)36-4;/h9-16,27,30-31,40H,5-8,17-24H2,1-4H3,(H,36,41)(H,37,43);1H/t30-,31-;/m1./s1. The highest BCUT2D eigenvalue weighted by molar-refractivity contribution is 6.00. The summed E-state index contributed by atoms with van der Waals surface area (Å²) >= 11 is 0. The van der Waals surface area contributed by atoms with Crippen LogP contribution in [0.2, 0.25) is 0 Å². The number of unbranched alkanes of at least 4 members (excludes halogenated alkanes) is 1. The van der Waals surface area contributed by atoms with Gasteiger partial charge >= 0.3 is 0 Å². The second kappa shape index (κ2) is 17.0. The average molecular weight is 643 g/mol. The minimum absolute atomic E-state index is 0. The van der Waals surface area contributed by atoms with E-state index < -0.39 is 17.7 Å². The minimum Gasteiger partial charge on any atom is -0.493 e. The highest BCUT2D eigenvalue weighted by Crippen LogP contribution is 2.35. The van der Waals surface area contributed by atoms with E-state index in [2.05, 4.69) is 46.7 Å². The maximum absolute atomic E-state index is 13.8. The lowest BCUT2D eigenvalue weighted by Crippen LogP contribution is -2.75. The van der Waals surface area contributed by atoms with Gasteiger partial charge < -0.3 is 25.4 Å². The number of rotatable bonds is 14. The van der Waals surface area contributed by atoms with Gasteiger partial charge in [-0.1, -0.05) is 64.3 Å². The molecular formula is C35H51ClN4O5. The number of carbonyl (C=O) groups excluding carboxylic acids is 3. The summed E-state index contributed by atoms with van der Waals surface area (Å²) in [5.74, 6) is 0.339. The van der Waals surface area contributed by atoms with Crippen LogP contribution in [0.25, 0.3) is 0 Å². The zero-order chi connectivity index (χ0) is 31.7. The maximum Gasteiger partial charge on any atom is 0.251 e. The molecular weight excluding hydrogens is 592 g/mol. The molecule has 3 amide bonds. The summed E-state index contributed by atoms with van der Waals surface area (Å²) in [6.07, 6.45) is 4.35. The molecule has 0 bridgehead atoms.